The molecule has 2 aliphatic carbocycles. The molecular formula is C18H34. The van der Waals surface area contributed by atoms with E-state index in [0.29, 0.717) is 0 Å². The SMILES string of the molecule is CCCCC1CCCC(C2CCCCCC2)CC1. The second-order valence-electron chi connectivity index (χ2n) is 7.03. The first-order valence-corrected chi connectivity index (χ1v) is 8.90. The van der Waals surface area contributed by atoms with Gasteiger partial charge in [-0.3, -0.25) is 0 Å². The van der Waals surface area contributed by atoms with Crippen molar-refractivity contribution in [1.29, 1.82) is 0 Å². The second-order valence-corrected chi connectivity index (χ2v) is 7.03. The van der Waals surface area contributed by atoms with E-state index < -0.39 is 0 Å². The summed E-state index contributed by atoms with van der Waals surface area (Å²) in [5, 5.41) is 0. The van der Waals surface area contributed by atoms with Crippen LogP contribution in [0.4, 0.5) is 0 Å². The van der Waals surface area contributed by atoms with Crippen LogP contribution in [-0.2, 0) is 0 Å². The first-order chi connectivity index (χ1) is 8.90. The molecular weight excluding hydrogens is 216 g/mol. The maximum atomic E-state index is 2.34. The maximum Gasteiger partial charge on any atom is -0.0386 e. The van der Waals surface area contributed by atoms with Crippen molar-refractivity contribution < 1.29 is 0 Å². The lowest BCUT2D eigenvalue weighted by Gasteiger charge is -2.25. The van der Waals surface area contributed by atoms with E-state index in [2.05, 4.69) is 6.92 Å². The average molecular weight is 250 g/mol. The van der Waals surface area contributed by atoms with Gasteiger partial charge in [-0.05, 0) is 24.2 Å². The fourth-order valence-corrected chi connectivity index (χ4v) is 4.44. The van der Waals surface area contributed by atoms with Crippen LogP contribution in [0.2, 0.25) is 0 Å². The van der Waals surface area contributed by atoms with Gasteiger partial charge in [0, 0.05) is 0 Å². The van der Waals surface area contributed by atoms with E-state index >= 15 is 0 Å². The van der Waals surface area contributed by atoms with Crippen LogP contribution < -0.4 is 0 Å². The minimum Gasteiger partial charge on any atom is -0.0654 e. The number of rotatable bonds is 4. The lowest BCUT2D eigenvalue weighted by atomic mass is 9.81. The molecule has 2 saturated carbocycles. The Hall–Kier alpha value is 0. The average Bonchev–Trinajstić information content (AvgIpc) is 2.78. The Labute approximate surface area is 115 Å². The van der Waals surface area contributed by atoms with Crippen molar-refractivity contribution in [1.82, 2.24) is 0 Å². The van der Waals surface area contributed by atoms with Gasteiger partial charge in [0.15, 0.2) is 0 Å². The van der Waals surface area contributed by atoms with Crippen LogP contribution in [0.25, 0.3) is 0 Å². The van der Waals surface area contributed by atoms with Crippen molar-refractivity contribution in [3.05, 3.63) is 0 Å². The van der Waals surface area contributed by atoms with Gasteiger partial charge in [-0.1, -0.05) is 90.4 Å². The van der Waals surface area contributed by atoms with E-state index in [9.17, 15) is 0 Å². The van der Waals surface area contributed by atoms with Gasteiger partial charge < -0.3 is 0 Å². The van der Waals surface area contributed by atoms with Crippen LogP contribution in [0.1, 0.15) is 96.8 Å². The molecule has 0 N–H and O–H groups in total. The molecule has 0 spiro atoms. The molecule has 106 valence electrons. The third-order valence-corrected chi connectivity index (χ3v) is 5.67. The summed E-state index contributed by atoms with van der Waals surface area (Å²) in [5.74, 6) is 3.30. The number of unbranched alkanes of at least 4 members (excludes halogenated alkanes) is 1. The highest BCUT2D eigenvalue weighted by atomic mass is 14.3. The molecule has 2 fully saturated rings. The molecule has 2 rings (SSSR count). The molecule has 0 aromatic heterocycles. The van der Waals surface area contributed by atoms with Crippen molar-refractivity contribution in [3.63, 3.8) is 0 Å². The van der Waals surface area contributed by atoms with Crippen LogP contribution in [0.5, 0.6) is 0 Å². The van der Waals surface area contributed by atoms with Crippen LogP contribution in [-0.4, -0.2) is 0 Å². The summed E-state index contributed by atoms with van der Waals surface area (Å²) in [6.45, 7) is 2.34. The summed E-state index contributed by atoms with van der Waals surface area (Å²) < 4.78 is 0. The van der Waals surface area contributed by atoms with Gasteiger partial charge in [-0.15, -0.1) is 0 Å². The van der Waals surface area contributed by atoms with Crippen molar-refractivity contribution in [2.75, 3.05) is 0 Å². The Bertz CT molecular complexity index is 200. The van der Waals surface area contributed by atoms with Crippen molar-refractivity contribution >= 4 is 0 Å². The fourth-order valence-electron chi connectivity index (χ4n) is 4.44. The Morgan fingerprint density at radius 3 is 2.06 bits per heavy atom. The molecule has 0 aromatic carbocycles. The highest BCUT2D eigenvalue weighted by Crippen LogP contribution is 2.39. The summed E-state index contributed by atoms with van der Waals surface area (Å²) >= 11 is 0. The van der Waals surface area contributed by atoms with Crippen LogP contribution in [0.3, 0.4) is 0 Å². The summed E-state index contributed by atoms with van der Waals surface area (Å²) in [7, 11) is 0. The zero-order chi connectivity index (χ0) is 12.6. The molecule has 0 bridgehead atoms. The molecule has 2 unspecified atom stereocenters. The molecule has 2 atom stereocenters. The molecule has 0 radical (unpaired) electrons. The van der Waals surface area contributed by atoms with E-state index in [1.54, 1.807) is 38.5 Å². The van der Waals surface area contributed by atoms with E-state index in [0.717, 1.165) is 17.8 Å². The molecule has 0 aliphatic heterocycles. The van der Waals surface area contributed by atoms with Crippen LogP contribution in [0.15, 0.2) is 0 Å². The fraction of sp³-hybridized carbons (Fsp3) is 1.00. The predicted molar refractivity (Wildman–Crippen MR) is 80.8 cm³/mol. The lowest BCUT2D eigenvalue weighted by molar-refractivity contribution is 0.265. The van der Waals surface area contributed by atoms with Gasteiger partial charge in [0.1, 0.15) is 0 Å². The zero-order valence-electron chi connectivity index (χ0n) is 12.6. The van der Waals surface area contributed by atoms with E-state index in [1.165, 1.54) is 51.4 Å². The van der Waals surface area contributed by atoms with E-state index in [1.807, 2.05) is 0 Å². The predicted octanol–water partition coefficient (Wildman–Crippen LogP) is 6.34. The molecule has 0 nitrogen and oxygen atoms in total. The van der Waals surface area contributed by atoms with Crippen molar-refractivity contribution in [2.24, 2.45) is 17.8 Å². The normalized spacial score (nSPS) is 31.8. The third-order valence-electron chi connectivity index (χ3n) is 5.67. The van der Waals surface area contributed by atoms with E-state index in [4.69, 9.17) is 0 Å². The standard InChI is InChI=1S/C18H34/c1-2-3-9-16-10-8-13-18(15-14-16)17-11-6-4-5-7-12-17/h16-18H,2-15H2,1H3. The highest BCUT2D eigenvalue weighted by molar-refractivity contribution is 4.77. The van der Waals surface area contributed by atoms with E-state index in [-0.39, 0.29) is 0 Å². The molecule has 0 amide bonds. The van der Waals surface area contributed by atoms with Gasteiger partial charge in [0.2, 0.25) is 0 Å². The van der Waals surface area contributed by atoms with Gasteiger partial charge in [-0.2, -0.15) is 0 Å². The van der Waals surface area contributed by atoms with Crippen LogP contribution >= 0.6 is 0 Å². The minimum atomic E-state index is 1.08. The molecule has 0 heteroatoms. The lowest BCUT2D eigenvalue weighted by Crippen LogP contribution is -2.13. The second kappa shape index (κ2) is 8.23. The largest absolute Gasteiger partial charge is 0.0654 e. The maximum absolute atomic E-state index is 2.34. The first-order valence-electron chi connectivity index (χ1n) is 8.90. The summed E-state index contributed by atoms with van der Waals surface area (Å²) in [5.41, 5.74) is 0. The molecule has 0 heterocycles. The molecule has 0 saturated heterocycles. The Kier molecular flexibility index (Phi) is 6.59. The Morgan fingerprint density at radius 2 is 1.33 bits per heavy atom. The third kappa shape index (κ3) is 4.59. The van der Waals surface area contributed by atoms with Crippen molar-refractivity contribution in [3.8, 4) is 0 Å². The minimum absolute atomic E-state index is 1.08. The summed E-state index contributed by atoms with van der Waals surface area (Å²) in [4.78, 5) is 0. The molecule has 18 heavy (non-hydrogen) atoms. The Morgan fingerprint density at radius 1 is 0.667 bits per heavy atom. The smallest absolute Gasteiger partial charge is 0.0386 e. The van der Waals surface area contributed by atoms with Gasteiger partial charge in [0.05, 0.1) is 0 Å². The summed E-state index contributed by atoms with van der Waals surface area (Å²) in [6, 6.07) is 0. The molecule has 0 aromatic rings. The van der Waals surface area contributed by atoms with Gasteiger partial charge in [0.25, 0.3) is 0 Å². The van der Waals surface area contributed by atoms with Gasteiger partial charge in [-0.25, -0.2) is 0 Å². The first kappa shape index (κ1) is 14.4. The monoisotopic (exact) mass is 250 g/mol. The van der Waals surface area contributed by atoms with Crippen molar-refractivity contribution in [2.45, 2.75) is 96.8 Å². The Balaban J connectivity index is 1.76. The summed E-state index contributed by atoms with van der Waals surface area (Å²) in [6.07, 6.45) is 21.4. The highest BCUT2D eigenvalue weighted by Gasteiger charge is 2.25. The number of hydrogen-bond acceptors (Lipinski definition) is 0. The van der Waals surface area contributed by atoms with Gasteiger partial charge >= 0.3 is 0 Å². The topological polar surface area (TPSA) is 0 Å². The quantitative estimate of drug-likeness (QED) is 0.510. The number of hydrogen-bond donors (Lipinski definition) is 0. The molecule has 2 aliphatic rings. The zero-order valence-corrected chi connectivity index (χ0v) is 12.6. The van der Waals surface area contributed by atoms with Crippen LogP contribution in [0, 0.1) is 17.8 Å².